The molecule has 0 aromatic carbocycles. The molecule has 1 aliphatic heterocycles. The average molecular weight is 223 g/mol. The Labute approximate surface area is 94.4 Å². The number of piperidine rings is 1. The first-order valence-corrected chi connectivity index (χ1v) is 5.44. The van der Waals surface area contributed by atoms with E-state index in [1.807, 2.05) is 13.2 Å². The first-order chi connectivity index (χ1) is 7.65. The molecule has 1 saturated heterocycles. The van der Waals surface area contributed by atoms with Gasteiger partial charge in [0.15, 0.2) is 0 Å². The zero-order valence-electron chi connectivity index (χ0n) is 9.39. The van der Waals surface area contributed by atoms with Gasteiger partial charge < -0.3 is 16.0 Å². The zero-order chi connectivity index (χ0) is 11.5. The standard InChI is InChI=1S/C10H17N5O/c1-14-7-9(6-12-14)13-8-2-4-15(5-3-8)10(11)16/h6-8,13H,2-5H2,1H3,(H2,11,16). The van der Waals surface area contributed by atoms with Crippen LogP contribution in [0.15, 0.2) is 12.4 Å². The number of anilines is 1. The van der Waals surface area contributed by atoms with Gasteiger partial charge in [0.2, 0.25) is 0 Å². The number of carbonyl (C=O) groups is 1. The van der Waals surface area contributed by atoms with E-state index in [1.165, 1.54) is 0 Å². The highest BCUT2D eigenvalue weighted by Crippen LogP contribution is 2.15. The van der Waals surface area contributed by atoms with Gasteiger partial charge in [0.1, 0.15) is 0 Å². The lowest BCUT2D eigenvalue weighted by Crippen LogP contribution is -2.44. The van der Waals surface area contributed by atoms with E-state index in [0.29, 0.717) is 6.04 Å². The smallest absolute Gasteiger partial charge is 0.314 e. The molecule has 6 heteroatoms. The van der Waals surface area contributed by atoms with Crippen LogP contribution in [0.4, 0.5) is 10.5 Å². The van der Waals surface area contributed by atoms with Crippen molar-refractivity contribution < 1.29 is 4.79 Å². The molecule has 3 N–H and O–H groups in total. The Bertz CT molecular complexity index is 367. The third kappa shape index (κ3) is 2.44. The van der Waals surface area contributed by atoms with Crippen LogP contribution in [0.1, 0.15) is 12.8 Å². The maximum Gasteiger partial charge on any atom is 0.314 e. The molecule has 0 aliphatic carbocycles. The van der Waals surface area contributed by atoms with Crippen LogP contribution in [0.2, 0.25) is 0 Å². The molecule has 88 valence electrons. The van der Waals surface area contributed by atoms with E-state index in [4.69, 9.17) is 5.73 Å². The fourth-order valence-electron chi connectivity index (χ4n) is 1.98. The van der Waals surface area contributed by atoms with Crippen molar-refractivity contribution in [2.45, 2.75) is 18.9 Å². The predicted octanol–water partition coefficient (Wildman–Crippen LogP) is 0.375. The van der Waals surface area contributed by atoms with Crippen LogP contribution < -0.4 is 11.1 Å². The number of primary amides is 1. The van der Waals surface area contributed by atoms with E-state index < -0.39 is 0 Å². The molecule has 0 atom stereocenters. The number of carbonyl (C=O) groups excluding carboxylic acids is 1. The molecule has 0 saturated carbocycles. The minimum absolute atomic E-state index is 0.320. The van der Waals surface area contributed by atoms with Crippen molar-refractivity contribution in [3.63, 3.8) is 0 Å². The molecule has 0 unspecified atom stereocenters. The number of likely N-dealkylation sites (tertiary alicyclic amines) is 1. The molecule has 0 radical (unpaired) electrons. The summed E-state index contributed by atoms with van der Waals surface area (Å²) in [5.74, 6) is 0. The fraction of sp³-hybridized carbons (Fsp3) is 0.600. The lowest BCUT2D eigenvalue weighted by molar-refractivity contribution is 0.193. The molecule has 0 bridgehead atoms. The molecule has 2 amide bonds. The van der Waals surface area contributed by atoms with Gasteiger partial charge in [-0.3, -0.25) is 4.68 Å². The second-order valence-corrected chi connectivity index (χ2v) is 4.15. The highest BCUT2D eigenvalue weighted by molar-refractivity contribution is 5.72. The molecule has 2 rings (SSSR count). The van der Waals surface area contributed by atoms with Crippen LogP contribution in [0.5, 0.6) is 0 Å². The summed E-state index contributed by atoms with van der Waals surface area (Å²) in [6.07, 6.45) is 5.61. The van der Waals surface area contributed by atoms with Crippen LogP contribution in [0.25, 0.3) is 0 Å². The number of urea groups is 1. The molecule has 1 fully saturated rings. The SMILES string of the molecule is Cn1cc(NC2CCN(C(N)=O)CC2)cn1. The Morgan fingerprint density at radius 1 is 1.56 bits per heavy atom. The van der Waals surface area contributed by atoms with Crippen LogP contribution in [0, 0.1) is 0 Å². The molecule has 0 spiro atoms. The van der Waals surface area contributed by atoms with Crippen molar-refractivity contribution in [3.05, 3.63) is 12.4 Å². The van der Waals surface area contributed by atoms with E-state index in [2.05, 4.69) is 10.4 Å². The van der Waals surface area contributed by atoms with Crippen molar-refractivity contribution in [2.75, 3.05) is 18.4 Å². The summed E-state index contributed by atoms with van der Waals surface area (Å²) in [6.45, 7) is 1.46. The van der Waals surface area contributed by atoms with Crippen molar-refractivity contribution in [2.24, 2.45) is 12.8 Å². The summed E-state index contributed by atoms with van der Waals surface area (Å²) in [7, 11) is 1.89. The van der Waals surface area contributed by atoms with E-state index in [-0.39, 0.29) is 6.03 Å². The van der Waals surface area contributed by atoms with Crippen LogP contribution in [0.3, 0.4) is 0 Å². The summed E-state index contributed by atoms with van der Waals surface area (Å²) in [4.78, 5) is 12.6. The topological polar surface area (TPSA) is 76.2 Å². The number of aromatic nitrogens is 2. The Kier molecular flexibility index (Phi) is 2.98. The van der Waals surface area contributed by atoms with Crippen LogP contribution in [-0.2, 0) is 7.05 Å². The van der Waals surface area contributed by atoms with Gasteiger partial charge in [0, 0.05) is 32.4 Å². The summed E-state index contributed by atoms with van der Waals surface area (Å²) in [5.41, 5.74) is 6.25. The van der Waals surface area contributed by atoms with Crippen molar-refractivity contribution in [1.82, 2.24) is 14.7 Å². The van der Waals surface area contributed by atoms with E-state index in [9.17, 15) is 4.79 Å². The first kappa shape index (κ1) is 10.8. The van der Waals surface area contributed by atoms with E-state index >= 15 is 0 Å². The Morgan fingerprint density at radius 2 is 2.25 bits per heavy atom. The van der Waals surface area contributed by atoms with Gasteiger partial charge in [-0.2, -0.15) is 5.10 Å². The number of amides is 2. The maximum atomic E-state index is 10.9. The Morgan fingerprint density at radius 3 is 2.75 bits per heavy atom. The molecule has 16 heavy (non-hydrogen) atoms. The minimum atomic E-state index is -0.320. The minimum Gasteiger partial charge on any atom is -0.380 e. The summed E-state index contributed by atoms with van der Waals surface area (Å²) >= 11 is 0. The number of rotatable bonds is 2. The fourth-order valence-corrected chi connectivity index (χ4v) is 1.98. The van der Waals surface area contributed by atoms with Crippen LogP contribution >= 0.6 is 0 Å². The summed E-state index contributed by atoms with van der Waals surface area (Å²) in [5, 5.41) is 7.49. The molecule has 1 aromatic heterocycles. The van der Waals surface area contributed by atoms with Gasteiger partial charge in [-0.1, -0.05) is 0 Å². The predicted molar refractivity (Wildman–Crippen MR) is 61.0 cm³/mol. The first-order valence-electron chi connectivity index (χ1n) is 5.44. The number of nitrogens with one attached hydrogen (secondary N) is 1. The molecule has 1 aliphatic rings. The second-order valence-electron chi connectivity index (χ2n) is 4.15. The highest BCUT2D eigenvalue weighted by atomic mass is 16.2. The third-order valence-electron chi connectivity index (χ3n) is 2.88. The van der Waals surface area contributed by atoms with Gasteiger partial charge in [-0.05, 0) is 12.8 Å². The molecular weight excluding hydrogens is 206 g/mol. The normalized spacial score (nSPS) is 17.4. The second kappa shape index (κ2) is 4.42. The van der Waals surface area contributed by atoms with Gasteiger partial charge in [0.05, 0.1) is 11.9 Å². The monoisotopic (exact) mass is 223 g/mol. The lowest BCUT2D eigenvalue weighted by Gasteiger charge is -2.31. The lowest BCUT2D eigenvalue weighted by atomic mass is 10.1. The van der Waals surface area contributed by atoms with E-state index in [0.717, 1.165) is 31.6 Å². The van der Waals surface area contributed by atoms with Crippen molar-refractivity contribution in [1.29, 1.82) is 0 Å². The molecule has 2 heterocycles. The molecule has 6 nitrogen and oxygen atoms in total. The Balaban J connectivity index is 1.83. The number of hydrogen-bond donors (Lipinski definition) is 2. The Hall–Kier alpha value is -1.72. The van der Waals surface area contributed by atoms with Crippen molar-refractivity contribution in [3.8, 4) is 0 Å². The van der Waals surface area contributed by atoms with Gasteiger partial charge in [-0.25, -0.2) is 4.79 Å². The van der Waals surface area contributed by atoms with Crippen molar-refractivity contribution >= 4 is 11.7 Å². The van der Waals surface area contributed by atoms with Gasteiger partial charge in [-0.15, -0.1) is 0 Å². The summed E-state index contributed by atoms with van der Waals surface area (Å²) in [6, 6.07) is 0.0830. The molecular formula is C10H17N5O. The van der Waals surface area contributed by atoms with Crippen LogP contribution in [-0.4, -0.2) is 39.8 Å². The van der Waals surface area contributed by atoms with Gasteiger partial charge in [0.25, 0.3) is 0 Å². The number of nitrogens with zero attached hydrogens (tertiary/aromatic N) is 3. The zero-order valence-corrected chi connectivity index (χ0v) is 9.39. The summed E-state index contributed by atoms with van der Waals surface area (Å²) < 4.78 is 1.76. The van der Waals surface area contributed by atoms with Gasteiger partial charge >= 0.3 is 6.03 Å². The number of aryl methyl sites for hydroxylation is 1. The maximum absolute atomic E-state index is 10.9. The van der Waals surface area contributed by atoms with E-state index in [1.54, 1.807) is 15.8 Å². The highest BCUT2D eigenvalue weighted by Gasteiger charge is 2.21. The quantitative estimate of drug-likeness (QED) is 0.760. The average Bonchev–Trinajstić information content (AvgIpc) is 2.65. The number of nitrogens with two attached hydrogens (primary N) is 1. The third-order valence-corrected chi connectivity index (χ3v) is 2.88. The molecule has 1 aromatic rings. The number of hydrogen-bond acceptors (Lipinski definition) is 3. The largest absolute Gasteiger partial charge is 0.380 e.